The molecule has 0 spiro atoms. The Morgan fingerprint density at radius 2 is 1.40 bits per heavy atom. The van der Waals surface area contributed by atoms with Gasteiger partial charge in [-0.05, 0) is 67.7 Å². The molecule has 0 N–H and O–H groups in total. The second-order valence-corrected chi connectivity index (χ2v) is 6.19. The maximum Gasteiger partial charge on any atom is 0.0596 e. The van der Waals surface area contributed by atoms with Crippen molar-refractivity contribution in [1.82, 2.24) is 9.80 Å². The van der Waals surface area contributed by atoms with E-state index in [-0.39, 0.29) is 0 Å². The van der Waals surface area contributed by atoms with E-state index in [1.807, 2.05) is 14.1 Å². The van der Waals surface area contributed by atoms with Gasteiger partial charge in [-0.15, -0.1) is 0 Å². The molecular formula is C16H36N2O2. The van der Waals surface area contributed by atoms with Gasteiger partial charge in [-0.1, -0.05) is 0 Å². The summed E-state index contributed by atoms with van der Waals surface area (Å²) >= 11 is 0. The van der Waals surface area contributed by atoms with Crippen molar-refractivity contribution in [1.29, 1.82) is 0 Å². The lowest BCUT2D eigenvalue weighted by Crippen LogP contribution is -2.25. The quantitative estimate of drug-likeness (QED) is 0.685. The summed E-state index contributed by atoms with van der Waals surface area (Å²) in [6, 6.07) is 0. The van der Waals surface area contributed by atoms with Gasteiger partial charge in [-0.3, -0.25) is 0 Å². The molecule has 4 nitrogen and oxygen atoms in total. The highest BCUT2D eigenvalue weighted by atomic mass is 16.5. The number of likely N-dealkylation sites (tertiary alicyclic amines) is 1. The topological polar surface area (TPSA) is 24.9 Å². The third-order valence-corrected chi connectivity index (χ3v) is 3.05. The lowest BCUT2D eigenvalue weighted by Gasteiger charge is -2.15. The van der Waals surface area contributed by atoms with E-state index in [2.05, 4.69) is 37.5 Å². The molecule has 0 aromatic carbocycles. The van der Waals surface area contributed by atoms with Crippen LogP contribution < -0.4 is 0 Å². The van der Waals surface area contributed by atoms with Crippen LogP contribution in [0.15, 0.2) is 0 Å². The smallest absolute Gasteiger partial charge is 0.0596 e. The van der Waals surface area contributed by atoms with Gasteiger partial charge < -0.3 is 19.3 Å². The summed E-state index contributed by atoms with van der Waals surface area (Å²) in [5.74, 6) is 0. The van der Waals surface area contributed by atoms with Gasteiger partial charge in [-0.25, -0.2) is 0 Å². The van der Waals surface area contributed by atoms with E-state index in [4.69, 9.17) is 9.47 Å². The average molecular weight is 288 g/mol. The van der Waals surface area contributed by atoms with Crippen LogP contribution in [0.5, 0.6) is 0 Å². The molecule has 1 fully saturated rings. The van der Waals surface area contributed by atoms with Gasteiger partial charge >= 0.3 is 0 Å². The first kappa shape index (κ1) is 19.8. The van der Waals surface area contributed by atoms with Crippen molar-refractivity contribution in [2.24, 2.45) is 0 Å². The Kier molecular flexibility index (Phi) is 12.5. The third-order valence-electron chi connectivity index (χ3n) is 3.05. The van der Waals surface area contributed by atoms with E-state index in [0.29, 0.717) is 12.2 Å². The minimum atomic E-state index is 0.366. The molecule has 0 aromatic heterocycles. The van der Waals surface area contributed by atoms with Crippen LogP contribution in [0.3, 0.4) is 0 Å². The zero-order valence-corrected chi connectivity index (χ0v) is 14.5. The van der Waals surface area contributed by atoms with E-state index >= 15 is 0 Å². The highest BCUT2D eigenvalue weighted by Gasteiger charge is 2.10. The molecule has 1 aliphatic heterocycles. The van der Waals surface area contributed by atoms with Crippen LogP contribution >= 0.6 is 0 Å². The summed E-state index contributed by atoms with van der Waals surface area (Å²) < 4.78 is 10.8. The molecule has 20 heavy (non-hydrogen) atoms. The molecule has 1 heterocycles. The predicted molar refractivity (Wildman–Crippen MR) is 86.4 cm³/mol. The molecule has 1 rings (SSSR count). The summed E-state index contributed by atoms with van der Waals surface area (Å²) in [6.45, 7) is 14.7. The molecular weight excluding hydrogens is 252 g/mol. The Labute approximate surface area is 126 Å². The van der Waals surface area contributed by atoms with Crippen LogP contribution in [0.1, 0.15) is 40.5 Å². The number of nitrogens with zero attached hydrogens (tertiary/aromatic N) is 2. The average Bonchev–Trinajstić information content (AvgIpc) is 2.81. The van der Waals surface area contributed by atoms with Crippen molar-refractivity contribution in [3.8, 4) is 0 Å². The molecule has 0 saturated carbocycles. The molecule has 4 heteroatoms. The van der Waals surface area contributed by atoms with Crippen molar-refractivity contribution in [3.63, 3.8) is 0 Å². The minimum absolute atomic E-state index is 0.366. The van der Waals surface area contributed by atoms with Crippen molar-refractivity contribution in [3.05, 3.63) is 0 Å². The molecule has 0 amide bonds. The van der Waals surface area contributed by atoms with Crippen LogP contribution in [0.4, 0.5) is 0 Å². The minimum Gasteiger partial charge on any atom is -0.377 e. The van der Waals surface area contributed by atoms with Gasteiger partial charge in [0.05, 0.1) is 25.4 Å². The monoisotopic (exact) mass is 288 g/mol. The summed E-state index contributed by atoms with van der Waals surface area (Å²) in [5.41, 5.74) is 0. The molecule has 0 aliphatic carbocycles. The Balaban J connectivity index is 0.000000370. The third kappa shape index (κ3) is 14.3. The standard InChI is InChI=1S/C9H19NO.C7H17NO/c1-9(2)11-8-7-10-5-3-4-6-10;1-7(2)9-6-5-8(3)4/h9H,3-8H2,1-2H3;7H,5-6H2,1-4H3. The summed E-state index contributed by atoms with van der Waals surface area (Å²) in [5, 5.41) is 0. The normalized spacial score (nSPS) is 16.1. The number of rotatable bonds is 8. The van der Waals surface area contributed by atoms with Crippen molar-refractivity contribution in [2.75, 3.05) is 53.5 Å². The number of likely N-dealkylation sites (N-methyl/N-ethyl adjacent to an activating group) is 1. The van der Waals surface area contributed by atoms with E-state index < -0.39 is 0 Å². The Hall–Kier alpha value is -0.160. The number of hydrogen-bond acceptors (Lipinski definition) is 4. The van der Waals surface area contributed by atoms with Crippen molar-refractivity contribution in [2.45, 2.75) is 52.7 Å². The summed E-state index contributed by atoms with van der Waals surface area (Å²) in [6.07, 6.45) is 3.51. The number of hydrogen-bond donors (Lipinski definition) is 0. The highest BCUT2D eigenvalue weighted by Crippen LogP contribution is 2.06. The van der Waals surface area contributed by atoms with Crippen molar-refractivity contribution >= 4 is 0 Å². The van der Waals surface area contributed by atoms with Gasteiger partial charge in [0.1, 0.15) is 0 Å². The second kappa shape index (κ2) is 12.6. The largest absolute Gasteiger partial charge is 0.377 e. The Morgan fingerprint density at radius 3 is 1.85 bits per heavy atom. The van der Waals surface area contributed by atoms with Crippen LogP contribution in [-0.4, -0.2) is 75.5 Å². The van der Waals surface area contributed by atoms with E-state index in [9.17, 15) is 0 Å². The van der Waals surface area contributed by atoms with E-state index in [1.54, 1.807) is 0 Å². The fourth-order valence-corrected chi connectivity index (χ4v) is 1.89. The molecule has 0 atom stereocenters. The van der Waals surface area contributed by atoms with E-state index in [0.717, 1.165) is 26.3 Å². The van der Waals surface area contributed by atoms with Crippen LogP contribution in [0, 0.1) is 0 Å². The fraction of sp³-hybridized carbons (Fsp3) is 1.00. The lowest BCUT2D eigenvalue weighted by atomic mass is 10.4. The zero-order valence-electron chi connectivity index (χ0n) is 14.5. The SMILES string of the molecule is CC(C)OCCN(C)C.CC(C)OCCN1CCCC1. The highest BCUT2D eigenvalue weighted by molar-refractivity contribution is 4.65. The lowest BCUT2D eigenvalue weighted by molar-refractivity contribution is 0.0635. The van der Waals surface area contributed by atoms with Gasteiger partial charge in [0, 0.05) is 13.1 Å². The fourth-order valence-electron chi connectivity index (χ4n) is 1.89. The molecule has 0 radical (unpaired) electrons. The maximum absolute atomic E-state index is 5.46. The molecule has 0 unspecified atom stereocenters. The second-order valence-electron chi connectivity index (χ2n) is 6.19. The van der Waals surface area contributed by atoms with Crippen LogP contribution in [0.25, 0.3) is 0 Å². The van der Waals surface area contributed by atoms with Gasteiger partial charge in [0.15, 0.2) is 0 Å². The Morgan fingerprint density at radius 1 is 0.900 bits per heavy atom. The van der Waals surface area contributed by atoms with Gasteiger partial charge in [-0.2, -0.15) is 0 Å². The first-order chi connectivity index (χ1) is 9.41. The molecule has 0 bridgehead atoms. The Bertz CT molecular complexity index is 195. The molecule has 0 aromatic rings. The molecule has 1 saturated heterocycles. The van der Waals surface area contributed by atoms with Gasteiger partial charge in [0.2, 0.25) is 0 Å². The first-order valence-corrected chi connectivity index (χ1v) is 8.02. The number of ether oxygens (including phenoxy) is 2. The zero-order chi connectivity index (χ0) is 15.4. The molecule has 1 aliphatic rings. The summed E-state index contributed by atoms with van der Waals surface area (Å²) in [4.78, 5) is 4.59. The van der Waals surface area contributed by atoms with Crippen LogP contribution in [-0.2, 0) is 9.47 Å². The van der Waals surface area contributed by atoms with E-state index in [1.165, 1.54) is 25.9 Å². The maximum atomic E-state index is 5.46. The first-order valence-electron chi connectivity index (χ1n) is 8.02. The van der Waals surface area contributed by atoms with Crippen LogP contribution in [0.2, 0.25) is 0 Å². The van der Waals surface area contributed by atoms with Crippen molar-refractivity contribution < 1.29 is 9.47 Å². The molecule has 122 valence electrons. The summed E-state index contributed by atoms with van der Waals surface area (Å²) in [7, 11) is 4.09. The van der Waals surface area contributed by atoms with Gasteiger partial charge in [0.25, 0.3) is 0 Å². The predicted octanol–water partition coefficient (Wildman–Crippen LogP) is 2.48.